The van der Waals surface area contributed by atoms with Crippen LogP contribution in [0.3, 0.4) is 0 Å². The summed E-state index contributed by atoms with van der Waals surface area (Å²) in [5, 5.41) is 3.19. The maximum Gasteiger partial charge on any atom is 0.223 e. The molecule has 126 valence electrons. The molecule has 1 aromatic carbocycles. The maximum absolute atomic E-state index is 12.6. The SMILES string of the molecule is Cc1cccc(C(C)CNC(=O)C2CC3CCCC(C2)C3N)c1. The van der Waals surface area contributed by atoms with E-state index in [0.717, 1.165) is 19.4 Å². The molecule has 0 aliphatic heterocycles. The van der Waals surface area contributed by atoms with Gasteiger partial charge in [0.2, 0.25) is 5.91 Å². The highest BCUT2D eigenvalue weighted by Crippen LogP contribution is 2.41. The van der Waals surface area contributed by atoms with Crippen LogP contribution in [0.15, 0.2) is 24.3 Å². The summed E-state index contributed by atoms with van der Waals surface area (Å²) in [5.41, 5.74) is 8.90. The van der Waals surface area contributed by atoms with E-state index in [0.29, 0.717) is 23.8 Å². The molecule has 3 unspecified atom stereocenters. The van der Waals surface area contributed by atoms with E-state index in [1.807, 2.05) is 0 Å². The molecule has 0 aromatic heterocycles. The molecular formula is C20H30N2O. The summed E-state index contributed by atoms with van der Waals surface area (Å²) in [6.45, 7) is 5.01. The summed E-state index contributed by atoms with van der Waals surface area (Å²) >= 11 is 0. The Labute approximate surface area is 140 Å². The molecule has 0 radical (unpaired) electrons. The average molecular weight is 314 g/mol. The molecule has 2 aliphatic carbocycles. The number of rotatable bonds is 4. The third-order valence-electron chi connectivity index (χ3n) is 5.98. The van der Waals surface area contributed by atoms with Gasteiger partial charge in [0.25, 0.3) is 0 Å². The zero-order valence-electron chi connectivity index (χ0n) is 14.4. The van der Waals surface area contributed by atoms with E-state index in [1.165, 1.54) is 30.4 Å². The average Bonchev–Trinajstić information content (AvgIpc) is 2.52. The Bertz CT molecular complexity index is 542. The molecule has 3 atom stereocenters. The first-order valence-corrected chi connectivity index (χ1v) is 9.14. The summed E-state index contributed by atoms with van der Waals surface area (Å²) in [7, 11) is 0. The lowest BCUT2D eigenvalue weighted by Gasteiger charge is -2.43. The van der Waals surface area contributed by atoms with E-state index in [2.05, 4.69) is 43.4 Å². The van der Waals surface area contributed by atoms with Crippen LogP contribution in [0.1, 0.15) is 56.1 Å². The summed E-state index contributed by atoms with van der Waals surface area (Å²) < 4.78 is 0. The van der Waals surface area contributed by atoms with Gasteiger partial charge in [0, 0.05) is 18.5 Å². The van der Waals surface area contributed by atoms with Gasteiger partial charge in [-0.1, -0.05) is 43.2 Å². The number of fused-ring (bicyclic) bond motifs is 2. The molecule has 3 heteroatoms. The van der Waals surface area contributed by atoms with Crippen LogP contribution in [-0.4, -0.2) is 18.5 Å². The van der Waals surface area contributed by atoms with E-state index >= 15 is 0 Å². The van der Waals surface area contributed by atoms with Crippen molar-refractivity contribution < 1.29 is 4.79 Å². The lowest BCUT2D eigenvalue weighted by atomic mass is 9.65. The summed E-state index contributed by atoms with van der Waals surface area (Å²) in [4.78, 5) is 12.6. The standard InChI is InChI=1S/C20H30N2O/c1-13-5-3-6-15(9-13)14(2)12-22-20(23)18-10-16-7-4-8-17(11-18)19(16)21/h3,5-6,9,14,16-19H,4,7-8,10-12,21H2,1-2H3,(H,22,23). The molecule has 0 heterocycles. The number of nitrogens with two attached hydrogens (primary N) is 1. The molecule has 1 amide bonds. The molecule has 2 bridgehead atoms. The van der Waals surface area contributed by atoms with Gasteiger partial charge in [-0.05, 0) is 55.9 Å². The Morgan fingerprint density at radius 2 is 2.00 bits per heavy atom. The van der Waals surface area contributed by atoms with Crippen LogP contribution < -0.4 is 11.1 Å². The molecule has 3 rings (SSSR count). The van der Waals surface area contributed by atoms with Crippen molar-refractivity contribution in [2.45, 2.75) is 57.9 Å². The van der Waals surface area contributed by atoms with Gasteiger partial charge in [-0.2, -0.15) is 0 Å². The van der Waals surface area contributed by atoms with Crippen molar-refractivity contribution >= 4 is 5.91 Å². The van der Waals surface area contributed by atoms with Gasteiger partial charge >= 0.3 is 0 Å². The molecule has 3 N–H and O–H groups in total. The topological polar surface area (TPSA) is 55.1 Å². The number of hydrogen-bond donors (Lipinski definition) is 2. The minimum atomic E-state index is 0.176. The molecule has 2 saturated carbocycles. The predicted octanol–water partition coefficient (Wildman–Crippen LogP) is 3.37. The monoisotopic (exact) mass is 314 g/mol. The Balaban J connectivity index is 1.53. The number of amides is 1. The Morgan fingerprint density at radius 1 is 1.30 bits per heavy atom. The Hall–Kier alpha value is -1.35. The third kappa shape index (κ3) is 3.77. The molecular weight excluding hydrogens is 284 g/mol. The summed E-state index contributed by atoms with van der Waals surface area (Å²) in [6.07, 6.45) is 5.69. The van der Waals surface area contributed by atoms with E-state index in [-0.39, 0.29) is 11.8 Å². The van der Waals surface area contributed by atoms with Crippen LogP contribution in [0.4, 0.5) is 0 Å². The summed E-state index contributed by atoms with van der Waals surface area (Å²) in [5.74, 6) is 1.90. The first-order chi connectivity index (χ1) is 11.0. The number of nitrogens with one attached hydrogen (secondary N) is 1. The fourth-order valence-corrected chi connectivity index (χ4v) is 4.50. The molecule has 3 nitrogen and oxygen atoms in total. The van der Waals surface area contributed by atoms with Gasteiger partial charge < -0.3 is 11.1 Å². The largest absolute Gasteiger partial charge is 0.355 e. The van der Waals surface area contributed by atoms with Crippen molar-refractivity contribution in [2.24, 2.45) is 23.5 Å². The number of carbonyl (C=O) groups is 1. The smallest absolute Gasteiger partial charge is 0.223 e. The van der Waals surface area contributed by atoms with E-state index in [9.17, 15) is 4.79 Å². The van der Waals surface area contributed by atoms with Crippen molar-refractivity contribution in [3.05, 3.63) is 35.4 Å². The first-order valence-electron chi connectivity index (χ1n) is 9.14. The van der Waals surface area contributed by atoms with Crippen molar-refractivity contribution in [2.75, 3.05) is 6.54 Å². The Morgan fingerprint density at radius 3 is 2.65 bits per heavy atom. The quantitative estimate of drug-likeness (QED) is 0.895. The van der Waals surface area contributed by atoms with Gasteiger partial charge in [-0.3, -0.25) is 4.79 Å². The van der Waals surface area contributed by atoms with Gasteiger partial charge in [0.15, 0.2) is 0 Å². The fourth-order valence-electron chi connectivity index (χ4n) is 4.50. The second-order valence-corrected chi connectivity index (χ2v) is 7.76. The molecule has 2 fully saturated rings. The van der Waals surface area contributed by atoms with E-state index in [4.69, 9.17) is 5.73 Å². The molecule has 0 saturated heterocycles. The van der Waals surface area contributed by atoms with E-state index < -0.39 is 0 Å². The fraction of sp³-hybridized carbons (Fsp3) is 0.650. The van der Waals surface area contributed by atoms with Crippen LogP contribution in [0.25, 0.3) is 0 Å². The number of hydrogen-bond acceptors (Lipinski definition) is 2. The Kier molecular flexibility index (Phi) is 5.05. The molecule has 0 spiro atoms. The second kappa shape index (κ2) is 7.04. The highest BCUT2D eigenvalue weighted by atomic mass is 16.1. The van der Waals surface area contributed by atoms with Gasteiger partial charge in [0.05, 0.1) is 0 Å². The lowest BCUT2D eigenvalue weighted by Crippen LogP contribution is -2.49. The zero-order valence-corrected chi connectivity index (χ0v) is 14.4. The normalized spacial score (nSPS) is 31.4. The van der Waals surface area contributed by atoms with Crippen molar-refractivity contribution in [1.29, 1.82) is 0 Å². The van der Waals surface area contributed by atoms with Crippen LogP contribution in [0.5, 0.6) is 0 Å². The van der Waals surface area contributed by atoms with Crippen molar-refractivity contribution in [3.63, 3.8) is 0 Å². The van der Waals surface area contributed by atoms with Crippen molar-refractivity contribution in [3.8, 4) is 0 Å². The minimum absolute atomic E-state index is 0.176. The molecule has 23 heavy (non-hydrogen) atoms. The number of carbonyl (C=O) groups excluding carboxylic acids is 1. The molecule has 2 aliphatic rings. The van der Waals surface area contributed by atoms with Crippen LogP contribution in [-0.2, 0) is 4.79 Å². The highest BCUT2D eigenvalue weighted by Gasteiger charge is 2.40. The maximum atomic E-state index is 12.6. The molecule has 1 aromatic rings. The lowest BCUT2D eigenvalue weighted by molar-refractivity contribution is -0.127. The predicted molar refractivity (Wildman–Crippen MR) is 94.1 cm³/mol. The second-order valence-electron chi connectivity index (χ2n) is 7.76. The summed E-state index contributed by atoms with van der Waals surface area (Å²) in [6, 6.07) is 8.89. The first kappa shape index (κ1) is 16.5. The van der Waals surface area contributed by atoms with Gasteiger partial charge in [-0.25, -0.2) is 0 Å². The van der Waals surface area contributed by atoms with Crippen LogP contribution >= 0.6 is 0 Å². The van der Waals surface area contributed by atoms with Crippen LogP contribution in [0, 0.1) is 24.7 Å². The highest BCUT2D eigenvalue weighted by molar-refractivity contribution is 5.78. The zero-order chi connectivity index (χ0) is 16.4. The van der Waals surface area contributed by atoms with Gasteiger partial charge in [0.1, 0.15) is 0 Å². The van der Waals surface area contributed by atoms with E-state index in [1.54, 1.807) is 0 Å². The van der Waals surface area contributed by atoms with Crippen molar-refractivity contribution in [1.82, 2.24) is 5.32 Å². The number of benzene rings is 1. The minimum Gasteiger partial charge on any atom is -0.355 e. The van der Waals surface area contributed by atoms with Gasteiger partial charge in [-0.15, -0.1) is 0 Å². The van der Waals surface area contributed by atoms with Crippen LogP contribution in [0.2, 0.25) is 0 Å². The number of aryl methyl sites for hydroxylation is 1. The third-order valence-corrected chi connectivity index (χ3v) is 5.98.